The fourth-order valence-corrected chi connectivity index (χ4v) is 2.91. The zero-order valence-electron chi connectivity index (χ0n) is 11.3. The third-order valence-electron chi connectivity index (χ3n) is 3.39. The van der Waals surface area contributed by atoms with Gasteiger partial charge in [0.05, 0.1) is 5.56 Å². The summed E-state index contributed by atoms with van der Waals surface area (Å²) in [6, 6.07) is 3.67. The molecule has 18 heavy (non-hydrogen) atoms. The maximum Gasteiger partial charge on any atom is 0.153 e. The predicted octanol–water partition coefficient (Wildman–Crippen LogP) is 3.32. The number of aldehydes is 1. The van der Waals surface area contributed by atoms with Crippen molar-refractivity contribution in [3.05, 3.63) is 28.8 Å². The predicted molar refractivity (Wildman–Crippen MR) is 72.1 cm³/mol. The first kappa shape index (κ1) is 12.7. The Morgan fingerprint density at radius 2 is 2.00 bits per heavy atom. The van der Waals surface area contributed by atoms with Gasteiger partial charge in [-0.1, -0.05) is 19.8 Å². The van der Waals surface area contributed by atoms with Gasteiger partial charge in [0.2, 0.25) is 0 Å². The lowest BCUT2D eigenvalue weighted by Gasteiger charge is -2.43. The van der Waals surface area contributed by atoms with Gasteiger partial charge >= 0.3 is 0 Å². The minimum Gasteiger partial charge on any atom is -0.487 e. The van der Waals surface area contributed by atoms with Crippen LogP contribution >= 0.6 is 0 Å². The zero-order chi connectivity index (χ0) is 13.6. The van der Waals surface area contributed by atoms with Crippen molar-refractivity contribution >= 4 is 6.29 Å². The average Bonchev–Trinajstić information content (AvgIpc) is 2.25. The van der Waals surface area contributed by atoms with E-state index < -0.39 is 0 Å². The lowest BCUT2D eigenvalue weighted by Crippen LogP contribution is -2.41. The van der Waals surface area contributed by atoms with E-state index in [0.717, 1.165) is 23.8 Å². The molecule has 0 aromatic heterocycles. The van der Waals surface area contributed by atoms with Crippen LogP contribution in [0.25, 0.3) is 0 Å². The number of terminal acetylenes is 1. The van der Waals surface area contributed by atoms with Crippen LogP contribution in [-0.4, -0.2) is 11.9 Å². The molecule has 0 saturated heterocycles. The highest BCUT2D eigenvalue weighted by atomic mass is 16.5. The van der Waals surface area contributed by atoms with Crippen LogP contribution in [0.3, 0.4) is 0 Å². The lowest BCUT2D eigenvalue weighted by molar-refractivity contribution is 0.0524. The number of carbonyl (C=O) groups excluding carboxylic acids is 1. The van der Waals surface area contributed by atoms with E-state index in [9.17, 15) is 4.79 Å². The van der Waals surface area contributed by atoms with Crippen molar-refractivity contribution in [2.75, 3.05) is 0 Å². The van der Waals surface area contributed by atoms with Gasteiger partial charge in [-0.05, 0) is 37.8 Å². The van der Waals surface area contributed by atoms with E-state index in [4.69, 9.17) is 11.2 Å². The van der Waals surface area contributed by atoms with E-state index in [1.165, 1.54) is 0 Å². The minimum absolute atomic E-state index is 0.0539. The van der Waals surface area contributed by atoms with E-state index in [1.807, 2.05) is 19.9 Å². The highest BCUT2D eigenvalue weighted by molar-refractivity contribution is 5.82. The zero-order valence-corrected chi connectivity index (χ0v) is 11.3. The summed E-state index contributed by atoms with van der Waals surface area (Å²) in [5, 5.41) is 0. The summed E-state index contributed by atoms with van der Waals surface area (Å²) >= 11 is 0. The van der Waals surface area contributed by atoms with Gasteiger partial charge < -0.3 is 4.74 Å². The van der Waals surface area contributed by atoms with Gasteiger partial charge in [0.15, 0.2) is 6.29 Å². The molecule has 2 nitrogen and oxygen atoms in total. The third kappa shape index (κ3) is 2.01. The molecule has 1 heterocycles. The molecule has 0 saturated carbocycles. The summed E-state index contributed by atoms with van der Waals surface area (Å²) in [4.78, 5) is 11.2. The molecule has 2 heteroatoms. The molecule has 0 amide bonds. The molecule has 0 fully saturated rings. The first-order valence-corrected chi connectivity index (χ1v) is 6.08. The first-order chi connectivity index (χ1) is 8.29. The second-order valence-electron chi connectivity index (χ2n) is 6.13. The summed E-state index contributed by atoms with van der Waals surface area (Å²) in [6.07, 6.45) is 7.15. The number of benzene rings is 1. The molecule has 0 aliphatic carbocycles. The maximum absolute atomic E-state index is 11.2. The second kappa shape index (κ2) is 3.88. The molecule has 0 atom stereocenters. The SMILES string of the molecule is C#Cc1cc(C=O)c2c(c1)C(C)(C)CC(C)(C)O2. The summed E-state index contributed by atoms with van der Waals surface area (Å²) in [7, 11) is 0. The fourth-order valence-electron chi connectivity index (χ4n) is 2.91. The number of hydrogen-bond acceptors (Lipinski definition) is 2. The summed E-state index contributed by atoms with van der Waals surface area (Å²) < 4.78 is 5.98. The minimum atomic E-state index is -0.272. The van der Waals surface area contributed by atoms with E-state index in [-0.39, 0.29) is 11.0 Å². The Morgan fingerprint density at radius 1 is 1.33 bits per heavy atom. The average molecular weight is 242 g/mol. The van der Waals surface area contributed by atoms with Gasteiger partial charge in [-0.25, -0.2) is 0 Å². The Kier molecular flexibility index (Phi) is 2.74. The number of ether oxygens (including phenoxy) is 1. The van der Waals surface area contributed by atoms with Crippen LogP contribution < -0.4 is 4.74 Å². The monoisotopic (exact) mass is 242 g/mol. The molecular formula is C16H18O2. The Bertz CT molecular complexity index is 545. The Hall–Kier alpha value is -1.75. The van der Waals surface area contributed by atoms with Crippen LogP contribution in [0.15, 0.2) is 12.1 Å². The number of rotatable bonds is 1. The number of fused-ring (bicyclic) bond motifs is 1. The van der Waals surface area contributed by atoms with Gasteiger partial charge in [-0.15, -0.1) is 6.42 Å². The normalized spacial score (nSPS) is 19.3. The highest BCUT2D eigenvalue weighted by Gasteiger charge is 2.40. The molecule has 0 unspecified atom stereocenters. The van der Waals surface area contributed by atoms with E-state index >= 15 is 0 Å². The molecular weight excluding hydrogens is 224 g/mol. The molecule has 0 spiro atoms. The van der Waals surface area contributed by atoms with Gasteiger partial charge in [0.1, 0.15) is 11.4 Å². The molecule has 94 valence electrons. The van der Waals surface area contributed by atoms with Crippen LogP contribution in [-0.2, 0) is 5.41 Å². The molecule has 1 aliphatic heterocycles. The van der Waals surface area contributed by atoms with Crippen molar-refractivity contribution < 1.29 is 9.53 Å². The number of carbonyl (C=O) groups is 1. The van der Waals surface area contributed by atoms with Gasteiger partial charge in [-0.2, -0.15) is 0 Å². The molecule has 0 N–H and O–H groups in total. The van der Waals surface area contributed by atoms with Crippen LogP contribution in [0.1, 0.15) is 55.6 Å². The van der Waals surface area contributed by atoms with Crippen LogP contribution in [0.4, 0.5) is 0 Å². The topological polar surface area (TPSA) is 26.3 Å². The fraction of sp³-hybridized carbons (Fsp3) is 0.438. The van der Waals surface area contributed by atoms with Crippen molar-refractivity contribution in [3.63, 3.8) is 0 Å². The maximum atomic E-state index is 11.2. The third-order valence-corrected chi connectivity index (χ3v) is 3.39. The van der Waals surface area contributed by atoms with Crippen LogP contribution in [0.5, 0.6) is 5.75 Å². The molecule has 1 aromatic carbocycles. The van der Waals surface area contributed by atoms with Crippen molar-refractivity contribution in [3.8, 4) is 18.1 Å². The van der Waals surface area contributed by atoms with Crippen LogP contribution in [0.2, 0.25) is 0 Å². The molecule has 2 rings (SSSR count). The summed E-state index contributed by atoms with van der Waals surface area (Å²) in [6.45, 7) is 8.40. The van der Waals surface area contributed by atoms with Crippen molar-refractivity contribution in [1.29, 1.82) is 0 Å². The van der Waals surface area contributed by atoms with E-state index in [0.29, 0.717) is 11.3 Å². The molecule has 1 aliphatic rings. The summed E-state index contributed by atoms with van der Waals surface area (Å²) in [5.41, 5.74) is 1.97. The second-order valence-corrected chi connectivity index (χ2v) is 6.13. The van der Waals surface area contributed by atoms with Crippen molar-refractivity contribution in [2.24, 2.45) is 0 Å². The molecule has 1 aromatic rings. The number of hydrogen-bond donors (Lipinski definition) is 0. The molecule has 0 bridgehead atoms. The van der Waals surface area contributed by atoms with Crippen LogP contribution in [0, 0.1) is 12.3 Å². The standard InChI is InChI=1S/C16H18O2/c1-6-11-7-12(9-17)14-13(8-11)15(2,3)10-16(4,5)18-14/h1,7-9H,10H2,2-5H3. The van der Waals surface area contributed by atoms with E-state index in [1.54, 1.807) is 6.07 Å². The van der Waals surface area contributed by atoms with Gasteiger partial charge in [-0.3, -0.25) is 4.79 Å². The molecule has 0 radical (unpaired) electrons. The van der Waals surface area contributed by atoms with Gasteiger partial charge in [0, 0.05) is 11.1 Å². The van der Waals surface area contributed by atoms with Crippen molar-refractivity contribution in [1.82, 2.24) is 0 Å². The van der Waals surface area contributed by atoms with Crippen molar-refractivity contribution in [2.45, 2.75) is 45.1 Å². The quantitative estimate of drug-likeness (QED) is 0.558. The summed E-state index contributed by atoms with van der Waals surface area (Å²) in [5.74, 6) is 3.28. The van der Waals surface area contributed by atoms with Gasteiger partial charge in [0.25, 0.3) is 0 Å². The van der Waals surface area contributed by atoms with E-state index in [2.05, 4.69) is 19.8 Å². The lowest BCUT2D eigenvalue weighted by atomic mass is 9.73. The highest BCUT2D eigenvalue weighted by Crippen LogP contribution is 2.46. The Balaban J connectivity index is 2.72. The Morgan fingerprint density at radius 3 is 2.56 bits per heavy atom. The smallest absolute Gasteiger partial charge is 0.153 e. The largest absolute Gasteiger partial charge is 0.487 e. The Labute approximate surface area is 108 Å². The first-order valence-electron chi connectivity index (χ1n) is 6.08.